The highest BCUT2D eigenvalue weighted by molar-refractivity contribution is 5.79. The predicted molar refractivity (Wildman–Crippen MR) is 107 cm³/mol. The van der Waals surface area contributed by atoms with E-state index in [1.165, 1.54) is 25.9 Å². The summed E-state index contributed by atoms with van der Waals surface area (Å²) in [6.07, 6.45) is 4.50. The highest BCUT2D eigenvalue weighted by Crippen LogP contribution is 2.23. The van der Waals surface area contributed by atoms with Crippen LogP contribution in [0.4, 0.5) is 0 Å². The summed E-state index contributed by atoms with van der Waals surface area (Å²) >= 11 is 0. The van der Waals surface area contributed by atoms with Crippen molar-refractivity contribution in [3.05, 3.63) is 23.8 Å². The molecule has 1 aromatic carbocycles. The number of phenols is 1. The van der Waals surface area contributed by atoms with Gasteiger partial charge >= 0.3 is 0 Å². The minimum Gasteiger partial charge on any atom is -0.508 e. The van der Waals surface area contributed by atoms with Gasteiger partial charge in [0.05, 0.1) is 7.11 Å². The standard InChI is InChI=1S/C20H34N4O2/c1-16-8-13-24(14-9-16)12-4-10-22-20(21-2)23-11-7-17-5-6-18(26-3)15-19(17)25/h5-6,15-16,25H,4,7-14H2,1-3H3,(H2,21,22,23). The molecule has 146 valence electrons. The fourth-order valence-electron chi connectivity index (χ4n) is 3.21. The zero-order valence-corrected chi connectivity index (χ0v) is 16.4. The van der Waals surface area contributed by atoms with Crippen LogP contribution in [0.1, 0.15) is 31.7 Å². The maximum Gasteiger partial charge on any atom is 0.190 e. The Hall–Kier alpha value is -1.95. The van der Waals surface area contributed by atoms with E-state index >= 15 is 0 Å². The average Bonchev–Trinajstić information content (AvgIpc) is 2.66. The maximum absolute atomic E-state index is 10.0. The number of rotatable bonds is 8. The first-order valence-corrected chi connectivity index (χ1v) is 9.65. The third kappa shape index (κ3) is 6.75. The van der Waals surface area contributed by atoms with Crippen molar-refractivity contribution < 1.29 is 9.84 Å². The van der Waals surface area contributed by atoms with Gasteiger partial charge in [-0.25, -0.2) is 0 Å². The van der Waals surface area contributed by atoms with Crippen LogP contribution in [0, 0.1) is 5.92 Å². The monoisotopic (exact) mass is 362 g/mol. The number of likely N-dealkylation sites (tertiary alicyclic amines) is 1. The van der Waals surface area contributed by atoms with E-state index in [9.17, 15) is 5.11 Å². The summed E-state index contributed by atoms with van der Waals surface area (Å²) < 4.78 is 5.11. The van der Waals surface area contributed by atoms with Gasteiger partial charge in [-0.05, 0) is 62.9 Å². The summed E-state index contributed by atoms with van der Waals surface area (Å²) in [6.45, 7) is 7.60. The smallest absolute Gasteiger partial charge is 0.190 e. The number of benzene rings is 1. The zero-order chi connectivity index (χ0) is 18.8. The van der Waals surface area contributed by atoms with Crippen LogP contribution >= 0.6 is 0 Å². The SMILES string of the molecule is CN=C(NCCCN1CCC(C)CC1)NCCc1ccc(OC)cc1O. The number of guanidine groups is 1. The second kappa shape index (κ2) is 10.9. The van der Waals surface area contributed by atoms with Crippen LogP contribution in [-0.4, -0.2) is 62.8 Å². The van der Waals surface area contributed by atoms with Gasteiger partial charge in [-0.1, -0.05) is 13.0 Å². The number of hydrogen-bond acceptors (Lipinski definition) is 4. The highest BCUT2D eigenvalue weighted by Gasteiger charge is 2.14. The molecule has 1 saturated heterocycles. The summed E-state index contributed by atoms with van der Waals surface area (Å²) in [7, 11) is 3.38. The molecule has 1 heterocycles. The van der Waals surface area contributed by atoms with Gasteiger partial charge in [0.25, 0.3) is 0 Å². The van der Waals surface area contributed by atoms with Crippen LogP contribution in [0.15, 0.2) is 23.2 Å². The number of nitrogens with one attached hydrogen (secondary N) is 2. The second-order valence-electron chi connectivity index (χ2n) is 7.05. The van der Waals surface area contributed by atoms with Gasteiger partial charge in [0.2, 0.25) is 0 Å². The first-order valence-electron chi connectivity index (χ1n) is 9.65. The Labute approximate surface area is 157 Å². The molecule has 0 amide bonds. The van der Waals surface area contributed by atoms with Crippen LogP contribution in [0.2, 0.25) is 0 Å². The fraction of sp³-hybridized carbons (Fsp3) is 0.650. The molecule has 0 atom stereocenters. The van der Waals surface area contributed by atoms with Crippen molar-refractivity contribution in [2.45, 2.75) is 32.6 Å². The van der Waals surface area contributed by atoms with Crippen LogP contribution in [0.5, 0.6) is 11.5 Å². The van der Waals surface area contributed by atoms with Crippen molar-refractivity contribution in [2.75, 3.05) is 46.9 Å². The van der Waals surface area contributed by atoms with E-state index in [2.05, 4.69) is 27.4 Å². The van der Waals surface area contributed by atoms with Gasteiger partial charge in [-0.2, -0.15) is 0 Å². The van der Waals surface area contributed by atoms with E-state index in [1.54, 1.807) is 20.2 Å². The van der Waals surface area contributed by atoms with Crippen LogP contribution in [-0.2, 0) is 6.42 Å². The lowest BCUT2D eigenvalue weighted by Crippen LogP contribution is -2.40. The van der Waals surface area contributed by atoms with Gasteiger partial charge in [0.1, 0.15) is 11.5 Å². The number of aliphatic imine (C=N–C) groups is 1. The maximum atomic E-state index is 10.0. The molecule has 0 unspecified atom stereocenters. The lowest BCUT2D eigenvalue weighted by molar-refractivity contribution is 0.191. The van der Waals surface area contributed by atoms with Gasteiger partial charge in [0.15, 0.2) is 5.96 Å². The fourth-order valence-corrected chi connectivity index (χ4v) is 3.21. The summed E-state index contributed by atoms with van der Waals surface area (Å²) in [5.41, 5.74) is 0.896. The number of phenolic OH excluding ortho intramolecular Hbond substituents is 1. The molecular formula is C20H34N4O2. The van der Waals surface area contributed by atoms with Crippen molar-refractivity contribution >= 4 is 5.96 Å². The molecule has 0 bridgehead atoms. The normalized spacial score (nSPS) is 16.5. The summed E-state index contributed by atoms with van der Waals surface area (Å²) in [5, 5.41) is 16.7. The molecule has 1 aliphatic heterocycles. The predicted octanol–water partition coefficient (Wildman–Crippen LogP) is 2.23. The number of piperidine rings is 1. The molecule has 0 aromatic heterocycles. The van der Waals surface area contributed by atoms with Crippen LogP contribution in [0.25, 0.3) is 0 Å². The van der Waals surface area contributed by atoms with Crippen molar-refractivity contribution in [2.24, 2.45) is 10.9 Å². The molecule has 0 spiro atoms. The summed E-state index contributed by atoms with van der Waals surface area (Å²) in [5.74, 6) is 2.63. The molecule has 6 heteroatoms. The number of nitrogens with zero attached hydrogens (tertiary/aromatic N) is 2. The lowest BCUT2D eigenvalue weighted by atomic mass is 9.99. The Balaban J connectivity index is 1.62. The van der Waals surface area contributed by atoms with E-state index < -0.39 is 0 Å². The molecule has 26 heavy (non-hydrogen) atoms. The Kier molecular flexibility index (Phi) is 8.54. The van der Waals surface area contributed by atoms with Crippen molar-refractivity contribution in [3.8, 4) is 11.5 Å². The molecule has 0 aliphatic carbocycles. The molecule has 1 aliphatic rings. The molecule has 0 radical (unpaired) electrons. The van der Waals surface area contributed by atoms with E-state index in [0.717, 1.165) is 43.4 Å². The second-order valence-corrected chi connectivity index (χ2v) is 7.05. The number of hydrogen-bond donors (Lipinski definition) is 3. The lowest BCUT2D eigenvalue weighted by Gasteiger charge is -2.30. The third-order valence-electron chi connectivity index (χ3n) is 5.02. The van der Waals surface area contributed by atoms with Gasteiger partial charge < -0.3 is 25.4 Å². The van der Waals surface area contributed by atoms with Crippen molar-refractivity contribution in [1.82, 2.24) is 15.5 Å². The minimum atomic E-state index is 0.268. The topological polar surface area (TPSA) is 69.1 Å². The van der Waals surface area contributed by atoms with Crippen LogP contribution in [0.3, 0.4) is 0 Å². The first-order chi connectivity index (χ1) is 12.6. The van der Waals surface area contributed by atoms with Gasteiger partial charge in [-0.3, -0.25) is 4.99 Å². The van der Waals surface area contributed by atoms with Gasteiger partial charge in [-0.15, -0.1) is 0 Å². The quantitative estimate of drug-likeness (QED) is 0.376. The van der Waals surface area contributed by atoms with Crippen molar-refractivity contribution in [3.63, 3.8) is 0 Å². The number of ether oxygens (including phenoxy) is 1. The Morgan fingerprint density at radius 2 is 2.00 bits per heavy atom. The Morgan fingerprint density at radius 3 is 2.65 bits per heavy atom. The zero-order valence-electron chi connectivity index (χ0n) is 16.4. The molecule has 2 rings (SSSR count). The van der Waals surface area contributed by atoms with E-state index in [1.807, 2.05) is 12.1 Å². The summed E-state index contributed by atoms with van der Waals surface area (Å²) in [4.78, 5) is 6.82. The largest absolute Gasteiger partial charge is 0.508 e. The molecule has 6 nitrogen and oxygen atoms in total. The van der Waals surface area contributed by atoms with E-state index in [4.69, 9.17) is 4.74 Å². The molecule has 0 saturated carbocycles. The summed E-state index contributed by atoms with van der Waals surface area (Å²) in [6, 6.07) is 5.40. The van der Waals surface area contributed by atoms with E-state index in [-0.39, 0.29) is 5.75 Å². The van der Waals surface area contributed by atoms with E-state index in [0.29, 0.717) is 12.3 Å². The Morgan fingerprint density at radius 1 is 1.27 bits per heavy atom. The molecular weight excluding hydrogens is 328 g/mol. The molecule has 1 fully saturated rings. The molecule has 3 N–H and O–H groups in total. The number of aromatic hydroxyl groups is 1. The van der Waals surface area contributed by atoms with Gasteiger partial charge in [0, 0.05) is 26.2 Å². The third-order valence-corrected chi connectivity index (χ3v) is 5.02. The highest BCUT2D eigenvalue weighted by atomic mass is 16.5. The van der Waals surface area contributed by atoms with Crippen molar-refractivity contribution in [1.29, 1.82) is 0 Å². The first kappa shape index (κ1) is 20.4. The average molecular weight is 363 g/mol. The van der Waals surface area contributed by atoms with Crippen LogP contribution < -0.4 is 15.4 Å². The Bertz CT molecular complexity index is 569. The number of methoxy groups -OCH3 is 1. The minimum absolute atomic E-state index is 0.268. The molecule has 1 aromatic rings.